The highest BCUT2D eigenvalue weighted by atomic mass is 16.5. The summed E-state index contributed by atoms with van der Waals surface area (Å²) < 4.78 is 5.28. The second-order valence-electron chi connectivity index (χ2n) is 4.78. The minimum absolute atomic E-state index is 0.0249. The molecule has 0 aromatic carbocycles. The first-order valence-electron chi connectivity index (χ1n) is 6.68. The Bertz CT molecular complexity index is 206. The third-order valence-electron chi connectivity index (χ3n) is 3.36. The first-order valence-corrected chi connectivity index (χ1v) is 6.68. The normalized spacial score (nSPS) is 25.4. The first kappa shape index (κ1) is 13.5. The van der Waals surface area contributed by atoms with Gasteiger partial charge in [0.05, 0.1) is 12.5 Å². The van der Waals surface area contributed by atoms with Crippen molar-refractivity contribution in [2.24, 2.45) is 11.7 Å². The lowest BCUT2D eigenvalue weighted by atomic mass is 9.85. The summed E-state index contributed by atoms with van der Waals surface area (Å²) in [5, 5.41) is 0. The monoisotopic (exact) mass is 227 g/mol. The lowest BCUT2D eigenvalue weighted by Gasteiger charge is -2.26. The van der Waals surface area contributed by atoms with Gasteiger partial charge in [-0.3, -0.25) is 4.79 Å². The largest absolute Gasteiger partial charge is 0.465 e. The smallest absolute Gasteiger partial charge is 0.310 e. The third kappa shape index (κ3) is 4.52. The maximum atomic E-state index is 11.7. The third-order valence-corrected chi connectivity index (χ3v) is 3.36. The van der Waals surface area contributed by atoms with Crippen LogP contribution in [0.4, 0.5) is 0 Å². The van der Waals surface area contributed by atoms with Gasteiger partial charge in [0.25, 0.3) is 0 Å². The maximum absolute atomic E-state index is 11.7. The summed E-state index contributed by atoms with van der Waals surface area (Å²) in [6.45, 7) is 2.75. The molecule has 0 spiro atoms. The maximum Gasteiger partial charge on any atom is 0.310 e. The number of rotatable bonds is 6. The van der Waals surface area contributed by atoms with Gasteiger partial charge in [0, 0.05) is 6.04 Å². The molecule has 1 aliphatic carbocycles. The van der Waals surface area contributed by atoms with E-state index in [2.05, 4.69) is 6.92 Å². The number of hydrogen-bond donors (Lipinski definition) is 1. The van der Waals surface area contributed by atoms with E-state index in [0.29, 0.717) is 6.61 Å². The van der Waals surface area contributed by atoms with Crippen LogP contribution >= 0.6 is 0 Å². The molecule has 0 radical (unpaired) electrons. The van der Waals surface area contributed by atoms with E-state index in [1.807, 2.05) is 0 Å². The minimum atomic E-state index is -0.0660. The van der Waals surface area contributed by atoms with Crippen LogP contribution in [0.3, 0.4) is 0 Å². The van der Waals surface area contributed by atoms with Crippen molar-refractivity contribution >= 4 is 5.97 Å². The van der Waals surface area contributed by atoms with Crippen molar-refractivity contribution in [3.63, 3.8) is 0 Å². The van der Waals surface area contributed by atoms with Gasteiger partial charge in [-0.1, -0.05) is 39.0 Å². The van der Waals surface area contributed by atoms with Gasteiger partial charge in [-0.05, 0) is 19.3 Å². The summed E-state index contributed by atoms with van der Waals surface area (Å²) in [7, 11) is 0. The van der Waals surface area contributed by atoms with Crippen LogP contribution in [-0.4, -0.2) is 18.6 Å². The van der Waals surface area contributed by atoms with Gasteiger partial charge in [0.1, 0.15) is 0 Å². The van der Waals surface area contributed by atoms with Crippen molar-refractivity contribution in [1.82, 2.24) is 0 Å². The van der Waals surface area contributed by atoms with E-state index in [1.54, 1.807) is 0 Å². The molecule has 1 saturated carbocycles. The molecule has 2 unspecified atom stereocenters. The van der Waals surface area contributed by atoms with Crippen molar-refractivity contribution in [3.8, 4) is 0 Å². The van der Waals surface area contributed by atoms with Crippen LogP contribution in [0, 0.1) is 5.92 Å². The molecule has 0 heterocycles. The predicted octanol–water partition coefficient (Wildman–Crippen LogP) is 2.63. The fourth-order valence-electron chi connectivity index (χ4n) is 2.26. The number of nitrogens with two attached hydrogens (primary N) is 1. The first-order chi connectivity index (χ1) is 7.75. The predicted molar refractivity (Wildman–Crippen MR) is 65.0 cm³/mol. The van der Waals surface area contributed by atoms with Crippen LogP contribution in [0.2, 0.25) is 0 Å². The van der Waals surface area contributed by atoms with Crippen LogP contribution < -0.4 is 5.73 Å². The highest BCUT2D eigenvalue weighted by Gasteiger charge is 2.29. The quantitative estimate of drug-likeness (QED) is 0.560. The standard InChI is InChI=1S/C13H25NO2/c1-2-3-4-7-10-16-13(15)11-8-5-6-9-12(11)14/h11-12H,2-10,14H2,1H3. The second-order valence-corrected chi connectivity index (χ2v) is 4.78. The van der Waals surface area contributed by atoms with E-state index in [1.165, 1.54) is 12.8 Å². The van der Waals surface area contributed by atoms with Gasteiger partial charge in [-0.15, -0.1) is 0 Å². The molecule has 0 aromatic rings. The lowest BCUT2D eigenvalue weighted by Crippen LogP contribution is -2.39. The molecule has 3 nitrogen and oxygen atoms in total. The summed E-state index contributed by atoms with van der Waals surface area (Å²) in [4.78, 5) is 11.7. The van der Waals surface area contributed by atoms with Crippen LogP contribution in [0.1, 0.15) is 58.3 Å². The van der Waals surface area contributed by atoms with Gasteiger partial charge in [0.2, 0.25) is 0 Å². The van der Waals surface area contributed by atoms with Crippen LogP contribution in [0.15, 0.2) is 0 Å². The molecule has 0 saturated heterocycles. The number of esters is 1. The molecule has 16 heavy (non-hydrogen) atoms. The molecule has 0 bridgehead atoms. The SMILES string of the molecule is CCCCCCOC(=O)C1CCCCC1N. The van der Waals surface area contributed by atoms with Crippen LogP contribution in [0.5, 0.6) is 0 Å². The van der Waals surface area contributed by atoms with E-state index in [-0.39, 0.29) is 17.9 Å². The lowest BCUT2D eigenvalue weighted by molar-refractivity contribution is -0.150. The molecule has 3 heteroatoms. The Balaban J connectivity index is 2.13. The number of unbranched alkanes of at least 4 members (excludes halogenated alkanes) is 3. The zero-order valence-electron chi connectivity index (χ0n) is 10.4. The van der Waals surface area contributed by atoms with E-state index >= 15 is 0 Å². The molecular formula is C13H25NO2. The Kier molecular flexibility index (Phi) is 6.46. The summed E-state index contributed by atoms with van der Waals surface area (Å²) in [5.41, 5.74) is 5.93. The van der Waals surface area contributed by atoms with Crippen molar-refractivity contribution in [2.45, 2.75) is 64.3 Å². The van der Waals surface area contributed by atoms with Crippen molar-refractivity contribution < 1.29 is 9.53 Å². The Morgan fingerprint density at radius 1 is 1.25 bits per heavy atom. The summed E-state index contributed by atoms with van der Waals surface area (Å²) >= 11 is 0. The van der Waals surface area contributed by atoms with Crippen molar-refractivity contribution in [2.75, 3.05) is 6.61 Å². The Morgan fingerprint density at radius 2 is 2.00 bits per heavy atom. The Labute approximate surface area is 98.7 Å². The van der Waals surface area contributed by atoms with E-state index in [0.717, 1.165) is 38.5 Å². The zero-order chi connectivity index (χ0) is 11.8. The molecular weight excluding hydrogens is 202 g/mol. The van der Waals surface area contributed by atoms with Crippen molar-refractivity contribution in [3.05, 3.63) is 0 Å². The van der Waals surface area contributed by atoms with Gasteiger partial charge in [-0.2, -0.15) is 0 Å². The fraction of sp³-hybridized carbons (Fsp3) is 0.923. The zero-order valence-corrected chi connectivity index (χ0v) is 10.4. The molecule has 0 aliphatic heterocycles. The molecule has 2 N–H and O–H groups in total. The molecule has 0 amide bonds. The molecule has 0 aromatic heterocycles. The Morgan fingerprint density at radius 3 is 2.69 bits per heavy atom. The molecule has 1 aliphatic rings. The van der Waals surface area contributed by atoms with E-state index in [9.17, 15) is 4.79 Å². The average molecular weight is 227 g/mol. The number of hydrogen-bond acceptors (Lipinski definition) is 3. The van der Waals surface area contributed by atoms with E-state index < -0.39 is 0 Å². The number of ether oxygens (including phenoxy) is 1. The molecule has 94 valence electrons. The molecule has 1 fully saturated rings. The Hall–Kier alpha value is -0.570. The highest BCUT2D eigenvalue weighted by Crippen LogP contribution is 2.24. The summed E-state index contributed by atoms with van der Waals surface area (Å²) in [6.07, 6.45) is 8.72. The van der Waals surface area contributed by atoms with Gasteiger partial charge >= 0.3 is 5.97 Å². The second kappa shape index (κ2) is 7.66. The van der Waals surface area contributed by atoms with Gasteiger partial charge < -0.3 is 10.5 Å². The average Bonchev–Trinajstić information content (AvgIpc) is 2.29. The number of carbonyl (C=O) groups is 1. The fourth-order valence-corrected chi connectivity index (χ4v) is 2.26. The molecule has 2 atom stereocenters. The minimum Gasteiger partial charge on any atom is -0.465 e. The van der Waals surface area contributed by atoms with Crippen molar-refractivity contribution in [1.29, 1.82) is 0 Å². The van der Waals surface area contributed by atoms with Gasteiger partial charge in [0.15, 0.2) is 0 Å². The van der Waals surface area contributed by atoms with Gasteiger partial charge in [-0.25, -0.2) is 0 Å². The number of carbonyl (C=O) groups excluding carboxylic acids is 1. The summed E-state index contributed by atoms with van der Waals surface area (Å²) in [5.74, 6) is -0.108. The molecule has 1 rings (SSSR count). The highest BCUT2D eigenvalue weighted by molar-refractivity contribution is 5.73. The van der Waals surface area contributed by atoms with Crippen LogP contribution in [-0.2, 0) is 9.53 Å². The van der Waals surface area contributed by atoms with E-state index in [4.69, 9.17) is 10.5 Å². The topological polar surface area (TPSA) is 52.3 Å². The summed E-state index contributed by atoms with van der Waals surface area (Å²) in [6, 6.07) is 0.0249. The van der Waals surface area contributed by atoms with Crippen LogP contribution in [0.25, 0.3) is 0 Å².